The maximum Gasteiger partial charge on any atom is 0.257 e. The Hall–Kier alpha value is -2.58. The van der Waals surface area contributed by atoms with Gasteiger partial charge in [0, 0.05) is 16.6 Å². The van der Waals surface area contributed by atoms with E-state index in [4.69, 9.17) is 52.1 Å². The number of benzene rings is 3. The van der Waals surface area contributed by atoms with Crippen LogP contribution in [-0.4, -0.2) is 16.1 Å². The Morgan fingerprint density at radius 1 is 0.971 bits per heavy atom. The number of nitrogens with two attached hydrogens (primary N) is 1. The first kappa shape index (κ1) is 24.5. The van der Waals surface area contributed by atoms with E-state index >= 15 is 0 Å². The van der Waals surface area contributed by atoms with E-state index in [9.17, 15) is 18.4 Å². The van der Waals surface area contributed by atoms with Crippen LogP contribution in [0.5, 0.6) is 0 Å². The zero-order chi connectivity index (χ0) is 24.8. The molecule has 3 aromatic carbocycles. The van der Waals surface area contributed by atoms with Gasteiger partial charge >= 0.3 is 0 Å². The molecule has 0 heterocycles. The Morgan fingerprint density at radius 3 is 2.41 bits per heavy atom. The van der Waals surface area contributed by atoms with Crippen LogP contribution in [-0.2, 0) is 4.79 Å². The van der Waals surface area contributed by atoms with Gasteiger partial charge < -0.3 is 16.4 Å². The number of rotatable bonds is 5. The molecule has 0 aromatic heterocycles. The van der Waals surface area contributed by atoms with E-state index in [-0.39, 0.29) is 22.0 Å². The smallest absolute Gasteiger partial charge is 0.257 e. The van der Waals surface area contributed by atoms with Gasteiger partial charge in [-0.2, -0.15) is 0 Å². The average molecular weight is 545 g/mol. The lowest BCUT2D eigenvalue weighted by Gasteiger charge is -2.11. The van der Waals surface area contributed by atoms with Crippen molar-refractivity contribution >= 4 is 75.3 Å². The van der Waals surface area contributed by atoms with Crippen LogP contribution >= 0.6 is 46.4 Å². The number of halogens is 6. The van der Waals surface area contributed by atoms with Crippen molar-refractivity contribution in [1.29, 1.82) is 0 Å². The third-order valence-electron chi connectivity index (χ3n) is 5.40. The second-order valence-corrected chi connectivity index (χ2v) is 9.93. The average Bonchev–Trinajstić information content (AvgIpc) is 3.37. The molecule has 4 rings (SSSR count). The molecule has 34 heavy (non-hydrogen) atoms. The molecule has 2 amide bonds. The first-order valence-corrected chi connectivity index (χ1v) is 11.3. The van der Waals surface area contributed by atoms with Gasteiger partial charge in [-0.05, 0) is 48.0 Å². The summed E-state index contributed by atoms with van der Waals surface area (Å²) in [5.74, 6) is -4.58. The van der Waals surface area contributed by atoms with Crippen molar-refractivity contribution in [1.82, 2.24) is 0 Å². The number of carbonyl (C=O) groups is 2. The molecule has 176 valence electrons. The summed E-state index contributed by atoms with van der Waals surface area (Å²) >= 11 is 24.9. The van der Waals surface area contributed by atoms with Crippen molar-refractivity contribution in [3.63, 3.8) is 0 Å². The number of amides is 2. The van der Waals surface area contributed by atoms with Gasteiger partial charge in [-0.1, -0.05) is 35.3 Å². The standard InChI is InChI=1S/C23H15Cl4F2N3O2/c24-11-3-1-2-10(8-11)17-18(23(17,26)27)22(34)31-12-4-5-14(25)13(9-12)21(33)32-16-7-6-15(28)20(30)19(16)29/h1-9,17-18H,30H2,(H,31,34)(H,32,33)/t17-,18+/m0/s1. The van der Waals surface area contributed by atoms with Crippen LogP contribution in [0, 0.1) is 17.6 Å². The summed E-state index contributed by atoms with van der Waals surface area (Å²) in [4.78, 5) is 25.6. The van der Waals surface area contributed by atoms with Gasteiger partial charge in [0.1, 0.15) is 15.8 Å². The van der Waals surface area contributed by atoms with Crippen molar-refractivity contribution in [3.8, 4) is 0 Å². The quantitative estimate of drug-likeness (QED) is 0.249. The predicted octanol–water partition coefficient (Wildman–Crippen LogP) is 6.63. The van der Waals surface area contributed by atoms with Gasteiger partial charge in [0.2, 0.25) is 5.91 Å². The van der Waals surface area contributed by atoms with Gasteiger partial charge in [-0.15, -0.1) is 23.2 Å². The highest BCUT2D eigenvalue weighted by Crippen LogP contribution is 2.65. The van der Waals surface area contributed by atoms with E-state index in [1.54, 1.807) is 24.3 Å². The number of anilines is 3. The van der Waals surface area contributed by atoms with E-state index in [2.05, 4.69) is 10.6 Å². The van der Waals surface area contributed by atoms with Gasteiger partial charge in [0.05, 0.1) is 22.2 Å². The van der Waals surface area contributed by atoms with Crippen molar-refractivity contribution in [2.24, 2.45) is 5.92 Å². The molecule has 0 aliphatic heterocycles. The molecule has 1 saturated carbocycles. The predicted molar refractivity (Wildman–Crippen MR) is 131 cm³/mol. The molecule has 1 fully saturated rings. The van der Waals surface area contributed by atoms with Crippen LogP contribution in [0.25, 0.3) is 0 Å². The lowest BCUT2D eigenvalue weighted by atomic mass is 10.1. The molecule has 1 aliphatic rings. The first-order valence-electron chi connectivity index (χ1n) is 9.79. The number of alkyl halides is 2. The fraction of sp³-hybridized carbons (Fsp3) is 0.130. The minimum absolute atomic E-state index is 0.0400. The minimum Gasteiger partial charge on any atom is -0.394 e. The molecule has 0 radical (unpaired) electrons. The van der Waals surface area contributed by atoms with Crippen molar-refractivity contribution in [2.45, 2.75) is 10.3 Å². The Morgan fingerprint density at radius 2 is 1.71 bits per heavy atom. The Bertz CT molecular complexity index is 1320. The number of nitrogens with one attached hydrogen (secondary N) is 2. The highest BCUT2D eigenvalue weighted by Gasteiger charge is 2.67. The molecule has 0 unspecified atom stereocenters. The van der Waals surface area contributed by atoms with Gasteiger partial charge in [-0.3, -0.25) is 9.59 Å². The molecule has 0 saturated heterocycles. The number of carbonyl (C=O) groups excluding carboxylic acids is 2. The maximum absolute atomic E-state index is 14.2. The molecule has 2 atom stereocenters. The van der Waals surface area contributed by atoms with Crippen molar-refractivity contribution < 1.29 is 18.4 Å². The molecule has 4 N–H and O–H groups in total. The monoisotopic (exact) mass is 543 g/mol. The fourth-order valence-corrected chi connectivity index (χ4v) is 4.85. The highest BCUT2D eigenvalue weighted by molar-refractivity contribution is 6.53. The minimum atomic E-state index is -1.33. The summed E-state index contributed by atoms with van der Waals surface area (Å²) in [6.45, 7) is 0. The summed E-state index contributed by atoms with van der Waals surface area (Å²) in [7, 11) is 0. The van der Waals surface area contributed by atoms with E-state index in [1.165, 1.54) is 18.2 Å². The Kier molecular flexibility index (Phi) is 6.66. The number of hydrogen-bond acceptors (Lipinski definition) is 3. The van der Waals surface area contributed by atoms with Crippen molar-refractivity contribution in [2.75, 3.05) is 16.4 Å². The summed E-state index contributed by atoms with van der Waals surface area (Å²) in [5.41, 5.74) is 5.15. The highest BCUT2D eigenvalue weighted by atomic mass is 35.5. The Balaban J connectivity index is 1.52. The molecular weight excluding hydrogens is 530 g/mol. The topological polar surface area (TPSA) is 84.2 Å². The largest absolute Gasteiger partial charge is 0.394 e. The second kappa shape index (κ2) is 9.23. The third-order valence-corrected chi connectivity index (χ3v) is 6.90. The first-order chi connectivity index (χ1) is 16.0. The van der Waals surface area contributed by atoms with Crippen LogP contribution in [0.2, 0.25) is 10.0 Å². The van der Waals surface area contributed by atoms with E-state index < -0.39 is 45.3 Å². The summed E-state index contributed by atoms with van der Waals surface area (Å²) in [6, 6.07) is 13.0. The zero-order valence-electron chi connectivity index (χ0n) is 17.0. The van der Waals surface area contributed by atoms with Crippen LogP contribution < -0.4 is 16.4 Å². The van der Waals surface area contributed by atoms with Crippen LogP contribution in [0.15, 0.2) is 54.6 Å². The van der Waals surface area contributed by atoms with Crippen molar-refractivity contribution in [3.05, 3.63) is 87.4 Å². The molecule has 0 spiro atoms. The van der Waals surface area contributed by atoms with Crippen LogP contribution in [0.1, 0.15) is 21.8 Å². The number of nitrogen functional groups attached to an aromatic ring is 1. The maximum atomic E-state index is 14.2. The van der Waals surface area contributed by atoms with Gasteiger partial charge in [-0.25, -0.2) is 8.78 Å². The lowest BCUT2D eigenvalue weighted by Crippen LogP contribution is -2.18. The number of hydrogen-bond donors (Lipinski definition) is 3. The molecule has 5 nitrogen and oxygen atoms in total. The van der Waals surface area contributed by atoms with E-state index in [1.807, 2.05) is 0 Å². The lowest BCUT2D eigenvalue weighted by molar-refractivity contribution is -0.117. The third kappa shape index (κ3) is 4.66. The van der Waals surface area contributed by atoms with Gasteiger partial charge in [0.25, 0.3) is 5.91 Å². The zero-order valence-corrected chi connectivity index (χ0v) is 20.0. The summed E-state index contributed by atoms with van der Waals surface area (Å²) in [6.07, 6.45) is 0. The summed E-state index contributed by atoms with van der Waals surface area (Å²) < 4.78 is 26.2. The second-order valence-electron chi connectivity index (χ2n) is 7.65. The molecule has 1 aliphatic carbocycles. The normalized spacial score (nSPS) is 18.3. The Labute approximate surface area is 213 Å². The fourth-order valence-electron chi connectivity index (χ4n) is 3.62. The summed E-state index contributed by atoms with van der Waals surface area (Å²) in [5, 5.41) is 5.48. The van der Waals surface area contributed by atoms with Crippen LogP contribution in [0.3, 0.4) is 0 Å². The van der Waals surface area contributed by atoms with E-state index in [0.717, 1.165) is 17.7 Å². The van der Waals surface area contributed by atoms with Crippen LogP contribution in [0.4, 0.5) is 25.8 Å². The van der Waals surface area contributed by atoms with Gasteiger partial charge in [0.15, 0.2) is 5.82 Å². The molecule has 11 heteroatoms. The molecule has 3 aromatic rings. The van der Waals surface area contributed by atoms with E-state index in [0.29, 0.717) is 5.02 Å². The SMILES string of the molecule is Nc1c(F)ccc(NC(=O)c2cc(NC(=O)[C@H]3[C@H](c4cccc(Cl)c4)C3(Cl)Cl)ccc2Cl)c1F. The molecular formula is C23H15Cl4F2N3O2. The molecule has 0 bridgehead atoms.